The average molecular weight is 288 g/mol. The minimum absolute atomic E-state index is 0.0294. The molecule has 0 unspecified atom stereocenters. The Morgan fingerprint density at radius 3 is 2.95 bits per heavy atom. The second kappa shape index (κ2) is 7.44. The summed E-state index contributed by atoms with van der Waals surface area (Å²) in [4.78, 5) is 11.1. The van der Waals surface area contributed by atoms with Crippen molar-refractivity contribution in [1.82, 2.24) is 20.8 Å². The first-order valence-corrected chi connectivity index (χ1v) is 6.81. The number of likely N-dealkylation sites (N-methyl/N-ethyl adjacent to an activating group) is 1. The summed E-state index contributed by atoms with van der Waals surface area (Å²) in [5.74, 6) is 0.548. The second-order valence-electron chi connectivity index (χ2n) is 4.73. The van der Waals surface area contributed by atoms with Gasteiger partial charge in [-0.3, -0.25) is 9.89 Å². The van der Waals surface area contributed by atoms with Crippen molar-refractivity contribution in [3.05, 3.63) is 47.3 Å². The van der Waals surface area contributed by atoms with Crippen LogP contribution >= 0.6 is 0 Å². The van der Waals surface area contributed by atoms with E-state index >= 15 is 0 Å². The number of carbonyl (C=O) groups excluding carboxylic acids is 1. The van der Waals surface area contributed by atoms with Crippen molar-refractivity contribution < 1.29 is 9.53 Å². The lowest BCUT2D eigenvalue weighted by Gasteiger charge is -2.08. The molecule has 0 saturated carbocycles. The highest BCUT2D eigenvalue weighted by atomic mass is 16.5. The number of aromatic amines is 1. The number of nitrogens with zero attached hydrogens (tertiary/aromatic N) is 1. The number of hydrogen-bond donors (Lipinski definition) is 3. The summed E-state index contributed by atoms with van der Waals surface area (Å²) >= 11 is 0. The van der Waals surface area contributed by atoms with Crippen LogP contribution in [0.4, 0.5) is 0 Å². The van der Waals surface area contributed by atoms with Crippen LogP contribution in [0.1, 0.15) is 16.8 Å². The number of hydrogen-bond acceptors (Lipinski definition) is 4. The zero-order chi connectivity index (χ0) is 15.1. The first-order valence-electron chi connectivity index (χ1n) is 6.81. The molecule has 0 saturated heterocycles. The summed E-state index contributed by atoms with van der Waals surface area (Å²) < 4.78 is 5.42. The minimum Gasteiger partial charge on any atom is -0.484 e. The molecule has 112 valence electrons. The van der Waals surface area contributed by atoms with E-state index in [4.69, 9.17) is 4.74 Å². The number of rotatable bonds is 7. The van der Waals surface area contributed by atoms with Gasteiger partial charge in [-0.05, 0) is 24.6 Å². The van der Waals surface area contributed by atoms with Gasteiger partial charge in [0.25, 0.3) is 5.91 Å². The molecular formula is C15H20N4O2. The van der Waals surface area contributed by atoms with Crippen molar-refractivity contribution >= 4 is 5.91 Å². The molecule has 2 aromatic rings. The van der Waals surface area contributed by atoms with E-state index in [9.17, 15) is 4.79 Å². The zero-order valence-electron chi connectivity index (χ0n) is 12.3. The highest BCUT2D eigenvalue weighted by Gasteiger charge is 2.02. The van der Waals surface area contributed by atoms with E-state index in [1.54, 1.807) is 7.05 Å². The molecule has 0 aliphatic carbocycles. The molecule has 1 amide bonds. The second-order valence-corrected chi connectivity index (χ2v) is 4.73. The first kappa shape index (κ1) is 15.1. The summed E-state index contributed by atoms with van der Waals surface area (Å²) in [6, 6.07) is 7.70. The van der Waals surface area contributed by atoms with Crippen molar-refractivity contribution in [2.24, 2.45) is 0 Å². The number of carbonyl (C=O) groups is 1. The lowest BCUT2D eigenvalue weighted by Crippen LogP contribution is -2.24. The molecule has 0 aliphatic heterocycles. The Hall–Kier alpha value is -2.34. The molecule has 21 heavy (non-hydrogen) atoms. The van der Waals surface area contributed by atoms with Crippen LogP contribution in [0.15, 0.2) is 30.5 Å². The fourth-order valence-electron chi connectivity index (χ4n) is 1.86. The molecule has 6 nitrogen and oxygen atoms in total. The number of benzene rings is 1. The molecule has 6 heteroatoms. The molecule has 0 aliphatic rings. The Morgan fingerprint density at radius 1 is 1.38 bits per heavy atom. The predicted molar refractivity (Wildman–Crippen MR) is 79.9 cm³/mol. The maximum Gasteiger partial charge on any atom is 0.257 e. The number of ether oxygens (including phenoxy) is 1. The molecule has 2 rings (SSSR count). The standard InChI is InChI=1S/C15H20N4O2/c1-11-13(9-18-19-11)8-17-7-12-4-3-5-14(6-12)21-10-15(20)16-2/h3-6,9,17H,7-8,10H2,1-2H3,(H,16,20)(H,18,19). The maximum atomic E-state index is 11.1. The summed E-state index contributed by atoms with van der Waals surface area (Å²) in [7, 11) is 1.59. The molecular weight excluding hydrogens is 268 g/mol. The third-order valence-corrected chi connectivity index (χ3v) is 3.13. The molecule has 0 bridgehead atoms. The van der Waals surface area contributed by atoms with Crippen molar-refractivity contribution in [2.45, 2.75) is 20.0 Å². The van der Waals surface area contributed by atoms with Crippen LogP contribution in [-0.4, -0.2) is 29.8 Å². The van der Waals surface area contributed by atoms with E-state index in [2.05, 4.69) is 20.8 Å². The van der Waals surface area contributed by atoms with Crippen LogP contribution in [0.3, 0.4) is 0 Å². The molecule has 1 heterocycles. The van der Waals surface area contributed by atoms with Crippen LogP contribution in [0.25, 0.3) is 0 Å². The van der Waals surface area contributed by atoms with Gasteiger partial charge in [0.1, 0.15) is 5.75 Å². The SMILES string of the molecule is CNC(=O)COc1cccc(CNCc2cn[nH]c2C)c1. The molecule has 0 radical (unpaired) electrons. The van der Waals surface area contributed by atoms with Gasteiger partial charge in [-0.1, -0.05) is 12.1 Å². The third-order valence-electron chi connectivity index (χ3n) is 3.13. The maximum absolute atomic E-state index is 11.1. The van der Waals surface area contributed by atoms with E-state index in [0.717, 1.165) is 29.9 Å². The lowest BCUT2D eigenvalue weighted by molar-refractivity contribution is -0.122. The molecule has 0 fully saturated rings. The number of aryl methyl sites for hydroxylation is 1. The average Bonchev–Trinajstić information content (AvgIpc) is 2.91. The monoisotopic (exact) mass is 288 g/mol. The van der Waals surface area contributed by atoms with Crippen LogP contribution in [0.2, 0.25) is 0 Å². The minimum atomic E-state index is -0.144. The number of aromatic nitrogens is 2. The zero-order valence-corrected chi connectivity index (χ0v) is 12.3. The Morgan fingerprint density at radius 2 is 2.24 bits per heavy atom. The third kappa shape index (κ3) is 4.61. The Kier molecular flexibility index (Phi) is 5.34. The fourth-order valence-corrected chi connectivity index (χ4v) is 1.86. The van der Waals surface area contributed by atoms with E-state index in [-0.39, 0.29) is 12.5 Å². The summed E-state index contributed by atoms with van der Waals surface area (Å²) in [6.45, 7) is 3.51. The van der Waals surface area contributed by atoms with E-state index in [1.807, 2.05) is 37.4 Å². The van der Waals surface area contributed by atoms with Gasteiger partial charge in [0.2, 0.25) is 0 Å². The van der Waals surface area contributed by atoms with E-state index in [0.29, 0.717) is 5.75 Å². The van der Waals surface area contributed by atoms with Gasteiger partial charge in [0, 0.05) is 31.4 Å². The Balaban J connectivity index is 1.83. The van der Waals surface area contributed by atoms with E-state index in [1.165, 1.54) is 0 Å². The molecule has 3 N–H and O–H groups in total. The van der Waals surface area contributed by atoms with Crippen LogP contribution in [0, 0.1) is 6.92 Å². The van der Waals surface area contributed by atoms with Crippen LogP contribution in [-0.2, 0) is 17.9 Å². The molecule has 1 aromatic heterocycles. The highest BCUT2D eigenvalue weighted by Crippen LogP contribution is 2.13. The van der Waals surface area contributed by atoms with Crippen molar-refractivity contribution in [2.75, 3.05) is 13.7 Å². The van der Waals surface area contributed by atoms with Gasteiger partial charge < -0.3 is 15.4 Å². The van der Waals surface area contributed by atoms with Crippen LogP contribution in [0.5, 0.6) is 5.75 Å². The molecule has 0 spiro atoms. The fraction of sp³-hybridized carbons (Fsp3) is 0.333. The van der Waals surface area contributed by atoms with Gasteiger partial charge in [-0.15, -0.1) is 0 Å². The summed E-state index contributed by atoms with van der Waals surface area (Å²) in [5, 5.41) is 12.8. The van der Waals surface area contributed by atoms with Gasteiger partial charge >= 0.3 is 0 Å². The first-order chi connectivity index (χ1) is 10.2. The van der Waals surface area contributed by atoms with E-state index < -0.39 is 0 Å². The molecule has 1 aromatic carbocycles. The van der Waals surface area contributed by atoms with Gasteiger partial charge in [-0.2, -0.15) is 5.10 Å². The smallest absolute Gasteiger partial charge is 0.257 e. The van der Waals surface area contributed by atoms with Crippen molar-refractivity contribution in [3.8, 4) is 5.75 Å². The topological polar surface area (TPSA) is 79.0 Å². The summed E-state index contributed by atoms with van der Waals surface area (Å²) in [6.07, 6.45) is 1.82. The normalized spacial score (nSPS) is 10.4. The van der Waals surface area contributed by atoms with Gasteiger partial charge in [0.05, 0.1) is 6.20 Å². The number of nitrogens with one attached hydrogen (secondary N) is 3. The highest BCUT2D eigenvalue weighted by molar-refractivity contribution is 5.77. The predicted octanol–water partition coefficient (Wildman–Crippen LogP) is 1.13. The Bertz CT molecular complexity index is 595. The van der Waals surface area contributed by atoms with Gasteiger partial charge in [-0.25, -0.2) is 0 Å². The van der Waals surface area contributed by atoms with Crippen molar-refractivity contribution in [1.29, 1.82) is 0 Å². The lowest BCUT2D eigenvalue weighted by atomic mass is 10.2. The van der Waals surface area contributed by atoms with Crippen LogP contribution < -0.4 is 15.4 Å². The largest absolute Gasteiger partial charge is 0.484 e. The molecule has 0 atom stereocenters. The summed E-state index contributed by atoms with van der Waals surface area (Å²) in [5.41, 5.74) is 3.33. The number of amides is 1. The Labute approximate surface area is 123 Å². The van der Waals surface area contributed by atoms with Crippen molar-refractivity contribution in [3.63, 3.8) is 0 Å². The quantitative estimate of drug-likeness (QED) is 0.713. The van der Waals surface area contributed by atoms with Gasteiger partial charge in [0.15, 0.2) is 6.61 Å². The number of H-pyrrole nitrogens is 1.